The molecule has 2 aromatic carbocycles. The Kier molecular flexibility index (Phi) is 7.16. The van der Waals surface area contributed by atoms with E-state index in [1.54, 1.807) is 17.4 Å². The summed E-state index contributed by atoms with van der Waals surface area (Å²) < 4.78 is 21.7. The van der Waals surface area contributed by atoms with Crippen molar-refractivity contribution in [2.75, 3.05) is 29.8 Å². The standard InChI is InChI=1S/C23H24FN3O3S2/c1-30-20-12-17(22(28)29)6-9-19(20)26-32-21-14-31-23(25-21)27-10-2-3-16(13-27)11-15-4-7-18(24)8-5-15/h4-9,12,14,16,26H,2-3,10-11,13H2,1H3,(H,28,29). The summed E-state index contributed by atoms with van der Waals surface area (Å²) in [4.78, 5) is 18.2. The Bertz CT molecular complexity index is 1070. The predicted octanol–water partition coefficient (Wildman–Crippen LogP) is 5.57. The van der Waals surface area contributed by atoms with Crippen LogP contribution in [0.15, 0.2) is 52.9 Å². The van der Waals surface area contributed by atoms with Crippen LogP contribution in [0, 0.1) is 11.7 Å². The summed E-state index contributed by atoms with van der Waals surface area (Å²) in [5, 5.41) is 13.0. The Labute approximate surface area is 194 Å². The van der Waals surface area contributed by atoms with Crippen molar-refractivity contribution in [3.05, 3.63) is 64.8 Å². The number of piperidine rings is 1. The van der Waals surface area contributed by atoms with Crippen LogP contribution in [0.1, 0.15) is 28.8 Å². The van der Waals surface area contributed by atoms with E-state index in [1.165, 1.54) is 48.9 Å². The van der Waals surface area contributed by atoms with Crippen molar-refractivity contribution in [1.82, 2.24) is 4.98 Å². The number of hydrogen-bond acceptors (Lipinski definition) is 7. The third kappa shape index (κ3) is 5.52. The number of anilines is 2. The average Bonchev–Trinajstić information content (AvgIpc) is 3.28. The Balaban J connectivity index is 1.36. The molecule has 0 spiro atoms. The maximum Gasteiger partial charge on any atom is 0.335 e. The van der Waals surface area contributed by atoms with Crippen LogP contribution in [0.4, 0.5) is 15.2 Å². The molecule has 1 aliphatic heterocycles. The minimum Gasteiger partial charge on any atom is -0.495 e. The number of rotatable bonds is 8. The summed E-state index contributed by atoms with van der Waals surface area (Å²) in [6, 6.07) is 11.5. The number of methoxy groups -OCH3 is 1. The molecule has 1 unspecified atom stereocenters. The normalized spacial score (nSPS) is 16.1. The van der Waals surface area contributed by atoms with E-state index in [0.29, 0.717) is 17.4 Å². The summed E-state index contributed by atoms with van der Waals surface area (Å²) >= 11 is 2.98. The number of halogens is 1. The van der Waals surface area contributed by atoms with Gasteiger partial charge in [0.05, 0.1) is 18.4 Å². The molecule has 1 atom stereocenters. The third-order valence-electron chi connectivity index (χ3n) is 5.41. The predicted molar refractivity (Wildman–Crippen MR) is 127 cm³/mol. The van der Waals surface area contributed by atoms with Crippen LogP contribution in [0.5, 0.6) is 5.75 Å². The lowest BCUT2D eigenvalue weighted by Gasteiger charge is -2.32. The van der Waals surface area contributed by atoms with Gasteiger partial charge >= 0.3 is 5.97 Å². The lowest BCUT2D eigenvalue weighted by atomic mass is 9.91. The first-order chi connectivity index (χ1) is 15.5. The fraction of sp³-hybridized carbons (Fsp3) is 0.304. The maximum atomic E-state index is 13.2. The smallest absolute Gasteiger partial charge is 0.335 e. The van der Waals surface area contributed by atoms with Gasteiger partial charge in [-0.05, 0) is 61.1 Å². The largest absolute Gasteiger partial charge is 0.495 e. The molecular weight excluding hydrogens is 449 g/mol. The highest BCUT2D eigenvalue weighted by Gasteiger charge is 2.22. The van der Waals surface area contributed by atoms with Crippen LogP contribution in [0.3, 0.4) is 0 Å². The molecule has 0 bridgehead atoms. The van der Waals surface area contributed by atoms with Gasteiger partial charge in [-0.2, -0.15) is 0 Å². The first-order valence-corrected chi connectivity index (χ1v) is 12.0. The van der Waals surface area contributed by atoms with Crippen molar-refractivity contribution in [1.29, 1.82) is 0 Å². The van der Waals surface area contributed by atoms with Gasteiger partial charge in [0.25, 0.3) is 0 Å². The Morgan fingerprint density at radius 3 is 2.91 bits per heavy atom. The number of ether oxygens (including phenoxy) is 1. The summed E-state index contributed by atoms with van der Waals surface area (Å²) in [5.74, 6) is -0.210. The molecule has 0 amide bonds. The lowest BCUT2D eigenvalue weighted by Crippen LogP contribution is -2.36. The summed E-state index contributed by atoms with van der Waals surface area (Å²) in [5.41, 5.74) is 2.03. The zero-order valence-electron chi connectivity index (χ0n) is 17.6. The second-order valence-electron chi connectivity index (χ2n) is 7.68. The minimum atomic E-state index is -0.995. The van der Waals surface area contributed by atoms with E-state index < -0.39 is 5.97 Å². The highest BCUT2D eigenvalue weighted by atomic mass is 32.2. The topological polar surface area (TPSA) is 74.7 Å². The van der Waals surface area contributed by atoms with Gasteiger partial charge in [0, 0.05) is 30.4 Å². The van der Waals surface area contributed by atoms with Crippen molar-refractivity contribution >= 4 is 40.1 Å². The highest BCUT2D eigenvalue weighted by molar-refractivity contribution is 8.00. The van der Waals surface area contributed by atoms with E-state index in [-0.39, 0.29) is 11.4 Å². The van der Waals surface area contributed by atoms with Gasteiger partial charge in [0.15, 0.2) is 5.13 Å². The average molecular weight is 474 g/mol. The molecule has 1 aliphatic rings. The number of aromatic nitrogens is 1. The van der Waals surface area contributed by atoms with Crippen LogP contribution in [0.2, 0.25) is 0 Å². The zero-order chi connectivity index (χ0) is 22.5. The van der Waals surface area contributed by atoms with Crippen LogP contribution in [-0.4, -0.2) is 36.3 Å². The molecule has 1 saturated heterocycles. The van der Waals surface area contributed by atoms with Crippen LogP contribution in [0.25, 0.3) is 0 Å². The molecule has 0 saturated carbocycles. The number of carboxylic acid groups (broad SMARTS) is 1. The second kappa shape index (κ2) is 10.2. The Morgan fingerprint density at radius 1 is 1.34 bits per heavy atom. The molecule has 1 fully saturated rings. The number of nitrogens with one attached hydrogen (secondary N) is 1. The molecule has 0 aliphatic carbocycles. The number of carboxylic acids is 1. The maximum absolute atomic E-state index is 13.2. The van der Waals surface area contributed by atoms with E-state index in [1.807, 2.05) is 17.5 Å². The van der Waals surface area contributed by atoms with Gasteiger partial charge in [-0.3, -0.25) is 0 Å². The molecule has 0 radical (unpaired) electrons. The number of hydrogen-bond donors (Lipinski definition) is 2. The molecule has 1 aromatic heterocycles. The number of thiazole rings is 1. The molecular formula is C23H24FN3O3S2. The number of nitrogens with zero attached hydrogens (tertiary/aromatic N) is 2. The van der Waals surface area contributed by atoms with Crippen LogP contribution < -0.4 is 14.4 Å². The lowest BCUT2D eigenvalue weighted by molar-refractivity contribution is 0.0696. The van der Waals surface area contributed by atoms with Gasteiger partial charge in [-0.15, -0.1) is 11.3 Å². The van der Waals surface area contributed by atoms with Crippen molar-refractivity contribution in [3.8, 4) is 5.75 Å². The molecule has 32 heavy (non-hydrogen) atoms. The van der Waals surface area contributed by atoms with E-state index in [0.717, 1.165) is 42.5 Å². The van der Waals surface area contributed by atoms with Crippen LogP contribution >= 0.6 is 23.3 Å². The Hall–Kier alpha value is -2.78. The summed E-state index contributed by atoms with van der Waals surface area (Å²) in [6.07, 6.45) is 3.21. The van der Waals surface area contributed by atoms with E-state index in [9.17, 15) is 9.18 Å². The van der Waals surface area contributed by atoms with Gasteiger partial charge in [-0.25, -0.2) is 14.2 Å². The number of benzene rings is 2. The van der Waals surface area contributed by atoms with E-state index >= 15 is 0 Å². The molecule has 9 heteroatoms. The Morgan fingerprint density at radius 2 is 2.16 bits per heavy atom. The molecule has 2 heterocycles. The first-order valence-electron chi connectivity index (χ1n) is 10.3. The molecule has 6 nitrogen and oxygen atoms in total. The third-order valence-corrected chi connectivity index (χ3v) is 7.20. The van der Waals surface area contributed by atoms with Gasteiger partial charge in [0.2, 0.25) is 0 Å². The minimum absolute atomic E-state index is 0.175. The van der Waals surface area contributed by atoms with Gasteiger partial charge in [0.1, 0.15) is 16.6 Å². The molecule has 2 N–H and O–H groups in total. The zero-order valence-corrected chi connectivity index (χ0v) is 19.2. The number of carbonyl (C=O) groups is 1. The van der Waals surface area contributed by atoms with Crippen molar-refractivity contribution < 1.29 is 19.0 Å². The van der Waals surface area contributed by atoms with Gasteiger partial charge in [-0.1, -0.05) is 12.1 Å². The summed E-state index contributed by atoms with van der Waals surface area (Å²) in [7, 11) is 1.51. The monoisotopic (exact) mass is 473 g/mol. The van der Waals surface area contributed by atoms with E-state index in [4.69, 9.17) is 14.8 Å². The van der Waals surface area contributed by atoms with Gasteiger partial charge < -0.3 is 19.5 Å². The molecule has 4 rings (SSSR count). The fourth-order valence-corrected chi connectivity index (χ4v) is 5.45. The van der Waals surface area contributed by atoms with Crippen molar-refractivity contribution in [2.45, 2.75) is 24.3 Å². The first kappa shape index (κ1) is 22.4. The fourth-order valence-electron chi connectivity index (χ4n) is 3.82. The highest BCUT2D eigenvalue weighted by Crippen LogP contribution is 2.34. The SMILES string of the molecule is COc1cc(C(=O)O)ccc1NSc1csc(N2CCCC(Cc3ccc(F)cc3)C2)n1. The van der Waals surface area contributed by atoms with Crippen molar-refractivity contribution in [3.63, 3.8) is 0 Å². The number of aromatic carboxylic acids is 1. The quantitative estimate of drug-likeness (QED) is 0.415. The second-order valence-corrected chi connectivity index (χ2v) is 9.34. The summed E-state index contributed by atoms with van der Waals surface area (Å²) in [6.45, 7) is 1.92. The van der Waals surface area contributed by atoms with E-state index in [2.05, 4.69) is 9.62 Å². The molecule has 168 valence electrons. The molecule has 3 aromatic rings. The van der Waals surface area contributed by atoms with Crippen molar-refractivity contribution in [2.24, 2.45) is 5.92 Å². The van der Waals surface area contributed by atoms with Crippen LogP contribution in [-0.2, 0) is 6.42 Å².